The molecule has 1 aromatic carbocycles. The highest BCUT2D eigenvalue weighted by molar-refractivity contribution is 5.92. The van der Waals surface area contributed by atoms with E-state index in [1.165, 1.54) is 0 Å². The van der Waals surface area contributed by atoms with Crippen LogP contribution in [0, 0.1) is 0 Å². The van der Waals surface area contributed by atoms with E-state index in [0.717, 1.165) is 12.0 Å². The highest BCUT2D eigenvalue weighted by Crippen LogP contribution is 2.28. The Morgan fingerprint density at radius 2 is 2.08 bits per heavy atom. The highest BCUT2D eigenvalue weighted by atomic mass is 16.5. The molecule has 7 nitrogen and oxygen atoms in total. The number of hydrogen-bond donors (Lipinski definition) is 0. The molecule has 26 heavy (non-hydrogen) atoms. The number of rotatable bonds is 6. The van der Waals surface area contributed by atoms with E-state index in [2.05, 4.69) is 9.97 Å². The van der Waals surface area contributed by atoms with Gasteiger partial charge in [0.15, 0.2) is 11.5 Å². The first-order valence-corrected chi connectivity index (χ1v) is 8.31. The number of carbonyl (C=O) groups is 1. The number of ether oxygens (including phenoxy) is 3. The van der Waals surface area contributed by atoms with Gasteiger partial charge in [-0.25, -0.2) is 4.98 Å². The van der Waals surface area contributed by atoms with Crippen LogP contribution in [0.3, 0.4) is 0 Å². The van der Waals surface area contributed by atoms with Crippen molar-refractivity contribution in [2.24, 2.45) is 0 Å². The zero-order valence-corrected chi connectivity index (χ0v) is 14.8. The predicted molar refractivity (Wildman–Crippen MR) is 96.2 cm³/mol. The number of amides is 1. The maximum absolute atomic E-state index is 12.4. The van der Waals surface area contributed by atoms with Crippen LogP contribution in [-0.2, 0) is 4.79 Å². The summed E-state index contributed by atoms with van der Waals surface area (Å²) in [5.41, 5.74) is 0.863. The van der Waals surface area contributed by atoms with Crippen molar-refractivity contribution in [1.29, 1.82) is 0 Å². The summed E-state index contributed by atoms with van der Waals surface area (Å²) < 4.78 is 16.2. The molecule has 3 rings (SSSR count). The number of hydrogen-bond acceptors (Lipinski definition) is 6. The molecule has 0 spiro atoms. The largest absolute Gasteiger partial charge is 0.493 e. The molecule has 1 aliphatic rings. The van der Waals surface area contributed by atoms with Crippen molar-refractivity contribution in [1.82, 2.24) is 14.9 Å². The van der Waals surface area contributed by atoms with E-state index < -0.39 is 0 Å². The van der Waals surface area contributed by atoms with Gasteiger partial charge in [-0.05, 0) is 23.8 Å². The third-order valence-electron chi connectivity index (χ3n) is 4.11. The average molecular weight is 355 g/mol. The van der Waals surface area contributed by atoms with E-state index in [0.29, 0.717) is 30.5 Å². The zero-order chi connectivity index (χ0) is 18.4. The van der Waals surface area contributed by atoms with Crippen LogP contribution in [0.1, 0.15) is 12.0 Å². The molecule has 1 atom stereocenters. The lowest BCUT2D eigenvalue weighted by Gasteiger charge is -2.15. The molecule has 2 heterocycles. The summed E-state index contributed by atoms with van der Waals surface area (Å²) in [5, 5.41) is 0. The summed E-state index contributed by atoms with van der Waals surface area (Å²) in [6.45, 7) is 1.19. The Kier molecular flexibility index (Phi) is 5.68. The van der Waals surface area contributed by atoms with Crippen molar-refractivity contribution in [2.75, 3.05) is 27.3 Å². The molecule has 0 radical (unpaired) electrons. The summed E-state index contributed by atoms with van der Waals surface area (Å²) in [7, 11) is 3.17. The lowest BCUT2D eigenvalue weighted by Crippen LogP contribution is -2.29. The van der Waals surface area contributed by atoms with Crippen LogP contribution in [0.2, 0.25) is 0 Å². The molecule has 0 N–H and O–H groups in total. The number of benzene rings is 1. The molecule has 1 amide bonds. The summed E-state index contributed by atoms with van der Waals surface area (Å²) in [6, 6.07) is 5.51. The summed E-state index contributed by atoms with van der Waals surface area (Å²) in [5.74, 6) is 1.71. The second-order valence-electron chi connectivity index (χ2n) is 5.80. The molecule has 0 saturated carbocycles. The van der Waals surface area contributed by atoms with Gasteiger partial charge in [0.05, 0.1) is 27.0 Å². The van der Waals surface area contributed by atoms with Gasteiger partial charge in [0.25, 0.3) is 0 Å². The average Bonchev–Trinajstić information content (AvgIpc) is 3.15. The minimum absolute atomic E-state index is 0.0509. The van der Waals surface area contributed by atoms with Crippen LogP contribution in [0.25, 0.3) is 6.08 Å². The fourth-order valence-electron chi connectivity index (χ4n) is 2.77. The van der Waals surface area contributed by atoms with Crippen LogP contribution in [0.15, 0.2) is 42.9 Å². The molecule has 0 unspecified atom stereocenters. The maximum Gasteiger partial charge on any atom is 0.246 e. The van der Waals surface area contributed by atoms with E-state index in [4.69, 9.17) is 14.2 Å². The number of nitrogens with zero attached hydrogens (tertiary/aromatic N) is 3. The monoisotopic (exact) mass is 355 g/mol. The molecular weight excluding hydrogens is 334 g/mol. The smallest absolute Gasteiger partial charge is 0.246 e. The van der Waals surface area contributed by atoms with Crippen molar-refractivity contribution in [3.05, 3.63) is 48.4 Å². The number of carbonyl (C=O) groups excluding carboxylic acids is 1. The Hall–Kier alpha value is -3.09. The Morgan fingerprint density at radius 1 is 1.23 bits per heavy atom. The lowest BCUT2D eigenvalue weighted by atomic mass is 10.2. The Balaban J connectivity index is 1.57. The van der Waals surface area contributed by atoms with Crippen molar-refractivity contribution >= 4 is 12.0 Å². The standard InChI is InChI=1S/C19H21N3O4/c1-24-16-5-3-14(11-17(16)25-2)4-6-19(23)22-10-7-15(13-22)26-18-12-20-8-9-21-18/h3-6,8-9,11-12,15H,7,10,13H2,1-2H3/b6-4+/t15-/m1/s1. The summed E-state index contributed by atoms with van der Waals surface area (Å²) in [6.07, 6.45) is 8.78. The van der Waals surface area contributed by atoms with Crippen molar-refractivity contribution in [2.45, 2.75) is 12.5 Å². The minimum Gasteiger partial charge on any atom is -0.493 e. The van der Waals surface area contributed by atoms with Gasteiger partial charge in [0.1, 0.15) is 6.10 Å². The molecule has 7 heteroatoms. The Bertz CT molecular complexity index is 780. The van der Waals surface area contributed by atoms with Gasteiger partial charge in [-0.2, -0.15) is 0 Å². The fraction of sp³-hybridized carbons (Fsp3) is 0.316. The molecular formula is C19H21N3O4. The molecule has 1 aromatic heterocycles. The van der Waals surface area contributed by atoms with Gasteiger partial charge in [-0.1, -0.05) is 6.07 Å². The van der Waals surface area contributed by atoms with Gasteiger partial charge >= 0.3 is 0 Å². The summed E-state index contributed by atoms with van der Waals surface area (Å²) in [4.78, 5) is 22.2. The molecule has 1 fully saturated rings. The van der Waals surface area contributed by atoms with E-state index in [9.17, 15) is 4.79 Å². The van der Waals surface area contributed by atoms with E-state index in [1.54, 1.807) is 49.9 Å². The number of aromatic nitrogens is 2. The van der Waals surface area contributed by atoms with Gasteiger partial charge in [0, 0.05) is 31.4 Å². The Morgan fingerprint density at radius 3 is 2.81 bits per heavy atom. The second kappa shape index (κ2) is 8.33. The van der Waals surface area contributed by atoms with Gasteiger partial charge in [-0.3, -0.25) is 9.78 Å². The topological polar surface area (TPSA) is 73.8 Å². The normalized spacial score (nSPS) is 16.7. The minimum atomic E-state index is -0.0647. The lowest BCUT2D eigenvalue weighted by molar-refractivity contribution is -0.125. The Labute approximate surface area is 152 Å². The van der Waals surface area contributed by atoms with Crippen molar-refractivity contribution < 1.29 is 19.0 Å². The highest BCUT2D eigenvalue weighted by Gasteiger charge is 2.26. The summed E-state index contributed by atoms with van der Waals surface area (Å²) >= 11 is 0. The van der Waals surface area contributed by atoms with Crippen LogP contribution >= 0.6 is 0 Å². The van der Waals surface area contributed by atoms with Gasteiger partial charge in [0.2, 0.25) is 11.8 Å². The van der Waals surface area contributed by atoms with E-state index >= 15 is 0 Å². The third-order valence-corrected chi connectivity index (χ3v) is 4.11. The quantitative estimate of drug-likeness (QED) is 0.740. The molecule has 0 aliphatic carbocycles. The first-order valence-electron chi connectivity index (χ1n) is 8.31. The number of methoxy groups -OCH3 is 2. The van der Waals surface area contributed by atoms with Crippen molar-refractivity contribution in [3.63, 3.8) is 0 Å². The first-order chi connectivity index (χ1) is 12.7. The molecule has 0 bridgehead atoms. The van der Waals surface area contributed by atoms with E-state index in [1.807, 2.05) is 18.2 Å². The number of likely N-dealkylation sites (tertiary alicyclic amines) is 1. The van der Waals surface area contributed by atoms with Gasteiger partial charge < -0.3 is 19.1 Å². The maximum atomic E-state index is 12.4. The fourth-order valence-corrected chi connectivity index (χ4v) is 2.77. The first kappa shape index (κ1) is 17.7. The van der Waals surface area contributed by atoms with Crippen LogP contribution in [0.5, 0.6) is 17.4 Å². The second-order valence-corrected chi connectivity index (χ2v) is 5.80. The molecule has 136 valence electrons. The van der Waals surface area contributed by atoms with Crippen molar-refractivity contribution in [3.8, 4) is 17.4 Å². The van der Waals surface area contributed by atoms with Crippen LogP contribution < -0.4 is 14.2 Å². The third kappa shape index (κ3) is 4.30. The molecule has 2 aromatic rings. The van der Waals surface area contributed by atoms with E-state index in [-0.39, 0.29) is 12.0 Å². The van der Waals surface area contributed by atoms with Gasteiger partial charge in [-0.15, -0.1) is 0 Å². The zero-order valence-electron chi connectivity index (χ0n) is 14.8. The molecule has 1 saturated heterocycles. The van der Waals surface area contributed by atoms with Crippen LogP contribution in [-0.4, -0.2) is 54.2 Å². The van der Waals surface area contributed by atoms with Crippen LogP contribution in [0.4, 0.5) is 0 Å². The predicted octanol–water partition coefficient (Wildman–Crippen LogP) is 2.19. The SMILES string of the molecule is COc1ccc(/C=C/C(=O)N2CC[C@@H](Oc3cnccn3)C2)cc1OC. The molecule has 1 aliphatic heterocycles.